The molecule has 0 spiro atoms. The van der Waals surface area contributed by atoms with Gasteiger partial charge in [0.15, 0.2) is 0 Å². The molecule has 0 atom stereocenters. The summed E-state index contributed by atoms with van der Waals surface area (Å²) in [5.41, 5.74) is 0. The molecule has 1 amide bonds. The number of aryl methyl sites for hydroxylation is 1. The van der Waals surface area contributed by atoms with Gasteiger partial charge in [-0.3, -0.25) is 0 Å². The van der Waals surface area contributed by atoms with Crippen molar-refractivity contribution in [1.82, 2.24) is 14.9 Å². The molecule has 1 rings (SSSR count). The van der Waals surface area contributed by atoms with Gasteiger partial charge in [0.05, 0.1) is 0 Å². The van der Waals surface area contributed by atoms with E-state index in [1.807, 2.05) is 11.5 Å². The van der Waals surface area contributed by atoms with Crippen LogP contribution in [0.2, 0.25) is 0 Å². The molecule has 5 nitrogen and oxygen atoms in total. The van der Waals surface area contributed by atoms with Crippen LogP contribution in [0.5, 0.6) is 0 Å². The summed E-state index contributed by atoms with van der Waals surface area (Å²) >= 11 is 4.41. The van der Waals surface area contributed by atoms with Crippen molar-refractivity contribution in [3.05, 3.63) is 13.2 Å². The minimum absolute atomic E-state index is 0.408. The van der Waals surface area contributed by atoms with Crippen LogP contribution >= 0.6 is 45.2 Å². The van der Waals surface area contributed by atoms with Gasteiger partial charge in [0.2, 0.25) is 0 Å². The van der Waals surface area contributed by atoms with Gasteiger partial charge in [-0.15, -0.1) is 0 Å². The molecule has 1 aromatic heterocycles. The molecule has 2 N–H and O–H groups in total. The van der Waals surface area contributed by atoms with Gasteiger partial charge in [0, 0.05) is 19.5 Å². The third kappa shape index (κ3) is 3.47. The van der Waals surface area contributed by atoms with Crippen LogP contribution in [0.3, 0.4) is 0 Å². The summed E-state index contributed by atoms with van der Waals surface area (Å²) in [6, 6.07) is 0. The lowest BCUT2D eigenvalue weighted by Gasteiger charge is -2.07. The number of imidazole rings is 1. The molecule has 0 fully saturated rings. The van der Waals surface area contributed by atoms with Gasteiger partial charge in [-0.05, 0) is 45.2 Å². The molecule has 0 saturated heterocycles. The smallest absolute Gasteiger partial charge is 0.404 e. The van der Waals surface area contributed by atoms with E-state index in [0.717, 1.165) is 19.6 Å². The van der Waals surface area contributed by atoms with Crippen molar-refractivity contribution >= 4 is 51.3 Å². The Hall–Kier alpha value is -0.0600. The monoisotopic (exact) mass is 435 g/mol. The highest BCUT2D eigenvalue weighted by Gasteiger charge is 2.11. The zero-order valence-corrected chi connectivity index (χ0v) is 12.4. The predicted molar refractivity (Wildman–Crippen MR) is 73.1 cm³/mol. The van der Waals surface area contributed by atoms with E-state index in [1.54, 1.807) is 0 Å². The third-order valence-electron chi connectivity index (χ3n) is 1.87. The number of carboxylic acid groups (broad SMARTS) is 1. The molecule has 1 heterocycles. The Morgan fingerprint density at radius 3 is 2.80 bits per heavy atom. The molecule has 0 aliphatic heterocycles. The van der Waals surface area contributed by atoms with E-state index in [1.165, 1.54) is 0 Å². The lowest BCUT2D eigenvalue weighted by atomic mass is 10.4. The summed E-state index contributed by atoms with van der Waals surface area (Å²) in [4.78, 5) is 14.7. The van der Waals surface area contributed by atoms with Gasteiger partial charge in [-0.1, -0.05) is 6.92 Å². The van der Waals surface area contributed by atoms with E-state index in [0.29, 0.717) is 13.1 Å². The molecule has 84 valence electrons. The van der Waals surface area contributed by atoms with Crippen LogP contribution in [0.15, 0.2) is 0 Å². The van der Waals surface area contributed by atoms with Crippen LogP contribution in [-0.2, 0) is 13.0 Å². The van der Waals surface area contributed by atoms with Gasteiger partial charge < -0.3 is 15.0 Å². The van der Waals surface area contributed by atoms with E-state index in [4.69, 9.17) is 5.11 Å². The van der Waals surface area contributed by atoms with Crippen molar-refractivity contribution in [3.8, 4) is 0 Å². The fraction of sp³-hybridized carbons (Fsp3) is 0.500. The number of nitrogens with one attached hydrogen (secondary N) is 1. The second-order valence-electron chi connectivity index (χ2n) is 2.85. The number of hydrogen-bond donors (Lipinski definition) is 2. The van der Waals surface area contributed by atoms with Crippen molar-refractivity contribution in [3.63, 3.8) is 0 Å². The molecule has 1 aromatic rings. The van der Waals surface area contributed by atoms with Crippen LogP contribution < -0.4 is 5.32 Å². The Labute approximate surface area is 115 Å². The number of amides is 1. The Morgan fingerprint density at radius 2 is 2.27 bits per heavy atom. The fourth-order valence-corrected chi connectivity index (χ4v) is 2.43. The molecular weight excluding hydrogens is 424 g/mol. The third-order valence-corrected chi connectivity index (χ3v) is 4.75. The maximum atomic E-state index is 10.3. The number of nitrogens with zero attached hydrogens (tertiary/aromatic N) is 2. The first-order chi connectivity index (χ1) is 7.06. The van der Waals surface area contributed by atoms with E-state index in [9.17, 15) is 4.79 Å². The molecule has 0 aliphatic carbocycles. The van der Waals surface area contributed by atoms with Crippen molar-refractivity contribution in [2.24, 2.45) is 0 Å². The average molecular weight is 435 g/mol. The first kappa shape index (κ1) is 13.0. The van der Waals surface area contributed by atoms with Gasteiger partial charge in [-0.25, -0.2) is 9.78 Å². The van der Waals surface area contributed by atoms with Crippen molar-refractivity contribution in [2.45, 2.75) is 19.9 Å². The van der Waals surface area contributed by atoms with Gasteiger partial charge in [0.1, 0.15) is 13.2 Å². The van der Waals surface area contributed by atoms with E-state index < -0.39 is 6.09 Å². The summed E-state index contributed by atoms with van der Waals surface area (Å²) < 4.78 is 4.08. The van der Waals surface area contributed by atoms with Crippen molar-refractivity contribution < 1.29 is 9.90 Å². The van der Waals surface area contributed by atoms with Crippen LogP contribution in [0.1, 0.15) is 12.7 Å². The highest BCUT2D eigenvalue weighted by Crippen LogP contribution is 2.16. The molecule has 0 aliphatic rings. The zero-order valence-electron chi connectivity index (χ0n) is 8.13. The maximum Gasteiger partial charge on any atom is 0.404 e. The standard InChI is InChI=1S/C8H11I2N3O2/c1-2-5-12-6(9)7(10)13(5)4-3-11-8(14)15/h11H,2-4H2,1H3,(H,14,15). The molecular formula is C8H11I2N3O2. The summed E-state index contributed by atoms with van der Waals surface area (Å²) in [5, 5.41) is 10.8. The van der Waals surface area contributed by atoms with Crippen LogP contribution in [0, 0.1) is 7.40 Å². The minimum atomic E-state index is -0.988. The second kappa shape index (κ2) is 5.87. The van der Waals surface area contributed by atoms with Gasteiger partial charge in [-0.2, -0.15) is 0 Å². The number of carbonyl (C=O) groups is 1. The van der Waals surface area contributed by atoms with Gasteiger partial charge in [0.25, 0.3) is 0 Å². The van der Waals surface area contributed by atoms with Crippen molar-refractivity contribution in [1.29, 1.82) is 0 Å². The summed E-state index contributed by atoms with van der Waals surface area (Å²) in [5.74, 6) is 0.996. The van der Waals surface area contributed by atoms with E-state index in [2.05, 4.69) is 55.5 Å². The SMILES string of the molecule is CCc1nc(I)c(I)n1CCNC(=O)O. The normalized spacial score (nSPS) is 10.3. The fourth-order valence-electron chi connectivity index (χ4n) is 1.22. The first-order valence-electron chi connectivity index (χ1n) is 4.43. The highest BCUT2D eigenvalue weighted by molar-refractivity contribution is 14.1. The zero-order chi connectivity index (χ0) is 11.4. The average Bonchev–Trinajstić information content (AvgIpc) is 2.44. The number of hydrogen-bond acceptors (Lipinski definition) is 2. The lowest BCUT2D eigenvalue weighted by molar-refractivity contribution is 0.194. The number of rotatable bonds is 4. The van der Waals surface area contributed by atoms with Crippen LogP contribution in [0.25, 0.3) is 0 Å². The van der Waals surface area contributed by atoms with Crippen LogP contribution in [0.4, 0.5) is 4.79 Å². The maximum absolute atomic E-state index is 10.3. The predicted octanol–water partition coefficient (Wildman–Crippen LogP) is 1.92. The summed E-state index contributed by atoms with van der Waals surface area (Å²) in [7, 11) is 0. The molecule has 0 unspecified atom stereocenters. The number of aromatic nitrogens is 2. The van der Waals surface area contributed by atoms with Gasteiger partial charge >= 0.3 is 6.09 Å². The molecule has 7 heteroatoms. The Kier molecular flexibility index (Phi) is 5.09. The minimum Gasteiger partial charge on any atom is -0.465 e. The first-order valence-corrected chi connectivity index (χ1v) is 6.59. The second-order valence-corrected chi connectivity index (χ2v) is 4.89. The topological polar surface area (TPSA) is 67.2 Å². The molecule has 0 aromatic carbocycles. The molecule has 0 saturated carbocycles. The highest BCUT2D eigenvalue weighted by atomic mass is 127. The quantitative estimate of drug-likeness (QED) is 0.711. The molecule has 15 heavy (non-hydrogen) atoms. The Balaban J connectivity index is 2.70. The summed E-state index contributed by atoms with van der Waals surface area (Å²) in [6.45, 7) is 3.07. The Morgan fingerprint density at radius 1 is 1.60 bits per heavy atom. The number of halogens is 2. The Bertz CT molecular complexity index is 365. The largest absolute Gasteiger partial charge is 0.465 e. The van der Waals surface area contributed by atoms with Crippen molar-refractivity contribution in [2.75, 3.05) is 6.54 Å². The van der Waals surface area contributed by atoms with Crippen LogP contribution in [-0.4, -0.2) is 27.3 Å². The van der Waals surface area contributed by atoms with E-state index in [-0.39, 0.29) is 0 Å². The van der Waals surface area contributed by atoms with E-state index >= 15 is 0 Å². The lowest BCUT2D eigenvalue weighted by Crippen LogP contribution is -2.26. The molecule has 0 bridgehead atoms. The summed E-state index contributed by atoms with van der Waals surface area (Å²) in [6.07, 6.45) is -0.135. The molecule has 0 radical (unpaired) electrons.